The van der Waals surface area contributed by atoms with E-state index in [1.807, 2.05) is 48.5 Å². The van der Waals surface area contributed by atoms with Crippen molar-refractivity contribution in [2.24, 2.45) is 0 Å². The standard InChI is InChI=1S/C16H11N3OS/c17-10-13-8-4-5-9-14(13)11-19-15(20-21-16(19)18)12-6-2-1-3-7-12/h1-9H,11H2. The van der Waals surface area contributed by atoms with Crippen molar-refractivity contribution in [1.82, 2.24) is 0 Å². The summed E-state index contributed by atoms with van der Waals surface area (Å²) in [4.78, 5) is 0.0709. The van der Waals surface area contributed by atoms with E-state index >= 15 is 0 Å². The molecule has 21 heavy (non-hydrogen) atoms. The number of nitriles is 1. The molecule has 0 bridgehead atoms. The van der Waals surface area contributed by atoms with Crippen LogP contribution in [0.15, 0.2) is 58.4 Å². The summed E-state index contributed by atoms with van der Waals surface area (Å²) in [5.41, 5.74) is 2.31. The van der Waals surface area contributed by atoms with Gasteiger partial charge in [-0.25, -0.2) is 0 Å². The third kappa shape index (κ3) is 2.62. The lowest BCUT2D eigenvalue weighted by molar-refractivity contribution is -0.691. The van der Waals surface area contributed by atoms with Crippen LogP contribution in [0.2, 0.25) is 0 Å². The molecule has 0 N–H and O–H groups in total. The van der Waals surface area contributed by atoms with Gasteiger partial charge in [0.25, 0.3) is 0 Å². The topological polar surface area (TPSA) is 63.1 Å². The lowest BCUT2D eigenvalue weighted by atomic mass is 10.1. The molecule has 0 aliphatic heterocycles. The Labute approximate surface area is 125 Å². The predicted molar refractivity (Wildman–Crippen MR) is 79.0 cm³/mol. The summed E-state index contributed by atoms with van der Waals surface area (Å²) in [6.07, 6.45) is 0. The minimum absolute atomic E-state index is 0.0709. The van der Waals surface area contributed by atoms with E-state index in [0.717, 1.165) is 22.8 Å². The Morgan fingerprint density at radius 1 is 1.10 bits per heavy atom. The van der Waals surface area contributed by atoms with Gasteiger partial charge >= 0.3 is 0 Å². The molecule has 0 aliphatic carbocycles. The zero-order valence-electron chi connectivity index (χ0n) is 11.1. The molecule has 4 nitrogen and oxygen atoms in total. The average Bonchev–Trinajstić information content (AvgIpc) is 2.90. The van der Waals surface area contributed by atoms with Crippen molar-refractivity contribution in [3.8, 4) is 17.5 Å². The molecule has 5 heteroatoms. The van der Waals surface area contributed by atoms with Crippen molar-refractivity contribution in [2.75, 3.05) is 0 Å². The molecule has 3 aromatic rings. The van der Waals surface area contributed by atoms with Gasteiger partial charge in [-0.2, -0.15) is 5.26 Å². The SMILES string of the molecule is N#Cc1ccccc1C[n+]1c(-c2ccccc2)osc1=[N-]. The molecule has 0 atom stereocenters. The Bertz CT molecular complexity index is 859. The van der Waals surface area contributed by atoms with Crippen LogP contribution in [-0.4, -0.2) is 0 Å². The van der Waals surface area contributed by atoms with Crippen LogP contribution in [0.25, 0.3) is 16.9 Å². The Hall–Kier alpha value is -2.71. The van der Waals surface area contributed by atoms with Gasteiger partial charge in [0.1, 0.15) is 0 Å². The van der Waals surface area contributed by atoms with Crippen LogP contribution in [0, 0.1) is 11.3 Å². The zero-order chi connectivity index (χ0) is 14.7. The normalized spacial score (nSPS) is 10.2. The van der Waals surface area contributed by atoms with Crippen molar-refractivity contribution in [2.45, 2.75) is 6.54 Å². The van der Waals surface area contributed by atoms with Gasteiger partial charge in [0.2, 0.25) is 10.7 Å². The van der Waals surface area contributed by atoms with Crippen molar-refractivity contribution in [3.05, 3.63) is 75.9 Å². The monoisotopic (exact) mass is 293 g/mol. The second kappa shape index (κ2) is 5.73. The summed E-state index contributed by atoms with van der Waals surface area (Å²) >= 11 is 0.919. The second-order valence-electron chi connectivity index (χ2n) is 4.48. The first-order chi connectivity index (χ1) is 10.3. The summed E-state index contributed by atoms with van der Waals surface area (Å²) < 4.78 is 7.16. The molecule has 0 radical (unpaired) electrons. The molecule has 0 unspecified atom stereocenters. The lowest BCUT2D eigenvalue weighted by Crippen LogP contribution is -2.47. The van der Waals surface area contributed by atoms with Gasteiger partial charge in [0.05, 0.1) is 29.8 Å². The van der Waals surface area contributed by atoms with E-state index in [1.54, 1.807) is 10.6 Å². The Balaban J connectivity index is 2.06. The van der Waals surface area contributed by atoms with Crippen molar-refractivity contribution < 1.29 is 8.42 Å². The van der Waals surface area contributed by atoms with Gasteiger partial charge < -0.3 is 3.85 Å². The number of hydrogen-bond donors (Lipinski definition) is 0. The third-order valence-corrected chi connectivity index (χ3v) is 3.77. The number of hydrogen-bond acceptors (Lipinski definition) is 3. The highest BCUT2D eigenvalue weighted by Gasteiger charge is 2.12. The van der Waals surface area contributed by atoms with Crippen molar-refractivity contribution in [1.29, 1.82) is 5.26 Å². The smallest absolute Gasteiger partial charge is 0.248 e. The predicted octanol–water partition coefficient (Wildman–Crippen LogP) is 2.69. The van der Waals surface area contributed by atoms with E-state index in [9.17, 15) is 5.41 Å². The van der Waals surface area contributed by atoms with Crippen LogP contribution >= 0.6 is 11.6 Å². The minimum atomic E-state index is 0.0709. The third-order valence-electron chi connectivity index (χ3n) is 3.16. The quantitative estimate of drug-likeness (QED) is 0.697. The molecule has 1 heterocycles. The number of aromatic nitrogens is 1. The molecule has 3 rings (SSSR count). The highest BCUT2D eigenvalue weighted by molar-refractivity contribution is 7.00. The highest BCUT2D eigenvalue weighted by Crippen LogP contribution is 2.16. The van der Waals surface area contributed by atoms with Gasteiger partial charge in [-0.1, -0.05) is 36.4 Å². The molecular formula is C16H11N3OS. The van der Waals surface area contributed by atoms with Crippen LogP contribution in [0.4, 0.5) is 0 Å². The van der Waals surface area contributed by atoms with Crippen LogP contribution in [0.1, 0.15) is 11.1 Å². The summed E-state index contributed by atoms with van der Waals surface area (Å²) in [6.45, 7) is 0.382. The Morgan fingerprint density at radius 3 is 2.57 bits per heavy atom. The average molecular weight is 293 g/mol. The van der Waals surface area contributed by atoms with E-state index < -0.39 is 0 Å². The maximum Gasteiger partial charge on any atom is 0.248 e. The van der Waals surface area contributed by atoms with E-state index in [-0.39, 0.29) is 4.80 Å². The van der Waals surface area contributed by atoms with Crippen LogP contribution in [-0.2, 0) is 6.54 Å². The van der Waals surface area contributed by atoms with Crippen LogP contribution in [0.5, 0.6) is 0 Å². The largest absolute Gasteiger partial charge is 0.379 e. The highest BCUT2D eigenvalue weighted by atomic mass is 32.1. The summed E-state index contributed by atoms with van der Waals surface area (Å²) in [7, 11) is 0. The van der Waals surface area contributed by atoms with E-state index in [0.29, 0.717) is 18.0 Å². The lowest BCUT2D eigenvalue weighted by Gasteiger charge is -2.07. The fourth-order valence-electron chi connectivity index (χ4n) is 2.12. The van der Waals surface area contributed by atoms with E-state index in [1.165, 1.54) is 0 Å². The summed E-state index contributed by atoms with van der Waals surface area (Å²) in [5, 5.41) is 19.2. The first kappa shape index (κ1) is 13.3. The van der Waals surface area contributed by atoms with E-state index in [2.05, 4.69) is 6.07 Å². The molecule has 0 amide bonds. The van der Waals surface area contributed by atoms with Gasteiger partial charge in [-0.15, -0.1) is 5.41 Å². The molecular weight excluding hydrogens is 282 g/mol. The molecule has 0 aliphatic rings. The molecule has 1 aromatic heterocycles. The van der Waals surface area contributed by atoms with Gasteiger partial charge in [0, 0.05) is 5.56 Å². The summed E-state index contributed by atoms with van der Waals surface area (Å²) in [5.74, 6) is 0.575. The first-order valence-electron chi connectivity index (χ1n) is 6.38. The summed E-state index contributed by atoms with van der Waals surface area (Å²) in [6, 6.07) is 19.1. The Kier molecular flexibility index (Phi) is 3.63. The van der Waals surface area contributed by atoms with Gasteiger partial charge in [-0.3, -0.25) is 4.57 Å². The van der Waals surface area contributed by atoms with Crippen LogP contribution in [0.3, 0.4) is 0 Å². The van der Waals surface area contributed by atoms with Crippen LogP contribution < -0.4 is 9.37 Å². The minimum Gasteiger partial charge on any atom is -0.379 e. The fourth-order valence-corrected chi connectivity index (χ4v) is 2.69. The number of nitrogens with zero attached hydrogens (tertiary/aromatic N) is 3. The maximum absolute atomic E-state index is 10.0. The molecule has 0 fully saturated rings. The van der Waals surface area contributed by atoms with E-state index in [4.69, 9.17) is 9.11 Å². The van der Waals surface area contributed by atoms with Gasteiger partial charge in [0.15, 0.2) is 0 Å². The number of benzene rings is 2. The zero-order valence-corrected chi connectivity index (χ0v) is 11.9. The van der Waals surface area contributed by atoms with Gasteiger partial charge in [-0.05, 0) is 23.8 Å². The van der Waals surface area contributed by atoms with Crippen molar-refractivity contribution >= 4 is 11.6 Å². The Morgan fingerprint density at radius 2 is 1.81 bits per heavy atom. The maximum atomic E-state index is 10.0. The molecule has 0 saturated carbocycles. The molecule has 0 spiro atoms. The molecule has 102 valence electrons. The van der Waals surface area contributed by atoms with Crippen molar-refractivity contribution in [3.63, 3.8) is 0 Å². The molecule has 2 aromatic carbocycles. The number of rotatable bonds is 3. The first-order valence-corrected chi connectivity index (χ1v) is 7.12. The second-order valence-corrected chi connectivity index (χ2v) is 5.17. The fraction of sp³-hybridized carbons (Fsp3) is 0.0625. The molecule has 0 saturated heterocycles.